The van der Waals surface area contributed by atoms with Crippen LogP contribution in [0.4, 0.5) is 18.9 Å². The highest BCUT2D eigenvalue weighted by Crippen LogP contribution is 2.47. The lowest BCUT2D eigenvalue weighted by atomic mass is 9.87. The molecule has 1 heterocycles. The van der Waals surface area contributed by atoms with Gasteiger partial charge in [0.15, 0.2) is 11.5 Å². The zero-order valence-corrected chi connectivity index (χ0v) is 25.6. The third-order valence-corrected chi connectivity index (χ3v) is 11.9. The second-order valence-corrected chi connectivity index (χ2v) is 14.4. The molecule has 1 atom stereocenters. The lowest BCUT2D eigenvalue weighted by Crippen LogP contribution is -2.51. The van der Waals surface area contributed by atoms with E-state index in [2.05, 4.69) is 43.1 Å². The van der Waals surface area contributed by atoms with Crippen LogP contribution < -0.4 is 19.6 Å². The number of allylic oxidation sites excluding steroid dienone is 5. The first-order valence-corrected chi connectivity index (χ1v) is 15.9. The van der Waals surface area contributed by atoms with Gasteiger partial charge >= 0.3 is 6.18 Å². The molecule has 0 amide bonds. The Morgan fingerprint density at radius 3 is 2.27 bits per heavy atom. The predicted molar refractivity (Wildman–Crippen MR) is 162 cm³/mol. The Morgan fingerprint density at radius 2 is 1.76 bits per heavy atom. The van der Waals surface area contributed by atoms with Gasteiger partial charge in [0.25, 0.3) is 0 Å². The number of hydrogen-bond donors (Lipinski definition) is 0. The molecule has 216 valence electrons. The van der Waals surface area contributed by atoms with Crippen LogP contribution in [-0.4, -0.2) is 71.7 Å². The second kappa shape index (κ2) is 11.2. The molecule has 5 nitrogen and oxygen atoms in total. The maximum absolute atomic E-state index is 13.3. The molecule has 0 fully saturated rings. The molecule has 1 aliphatic carbocycles. The summed E-state index contributed by atoms with van der Waals surface area (Å²) in [6.07, 6.45) is 1.13. The third kappa shape index (κ3) is 5.42. The van der Waals surface area contributed by atoms with Gasteiger partial charge in [0.1, 0.15) is 26.6 Å². The van der Waals surface area contributed by atoms with Gasteiger partial charge in [0, 0.05) is 42.6 Å². The molecular weight excluding hydrogens is 545 g/mol. The molecule has 0 N–H and O–H groups in total. The van der Waals surface area contributed by atoms with Crippen molar-refractivity contribution in [3.63, 3.8) is 0 Å². The van der Waals surface area contributed by atoms with E-state index in [-0.39, 0.29) is 5.78 Å². The number of rotatable bonds is 8. The Labute approximate surface area is 240 Å². The van der Waals surface area contributed by atoms with Crippen molar-refractivity contribution >= 4 is 36.0 Å². The lowest BCUT2D eigenvalue weighted by Gasteiger charge is -2.39. The van der Waals surface area contributed by atoms with Gasteiger partial charge in [-0.2, -0.15) is 13.2 Å². The van der Waals surface area contributed by atoms with E-state index in [0.717, 1.165) is 39.3 Å². The number of benzene rings is 2. The molecule has 0 saturated carbocycles. The molecule has 2 aromatic carbocycles. The van der Waals surface area contributed by atoms with Crippen LogP contribution in [0.1, 0.15) is 35.3 Å². The van der Waals surface area contributed by atoms with Crippen molar-refractivity contribution < 1.29 is 32.0 Å². The average molecular weight is 582 g/mol. The van der Waals surface area contributed by atoms with E-state index in [1.807, 2.05) is 24.9 Å². The number of carbonyl (C=O) groups excluding carboxylic acids is 1. The summed E-state index contributed by atoms with van der Waals surface area (Å²) in [6, 6.07) is 9.74. The van der Waals surface area contributed by atoms with Gasteiger partial charge in [-0.3, -0.25) is 4.79 Å². The molecular formula is C32H36F3N2O3Si+. The third-order valence-electron chi connectivity index (χ3n) is 8.01. The summed E-state index contributed by atoms with van der Waals surface area (Å²) in [5.41, 5.74) is 7.30. The molecule has 0 bridgehead atoms. The minimum atomic E-state index is -4.34. The van der Waals surface area contributed by atoms with Gasteiger partial charge in [0.2, 0.25) is 6.54 Å². The molecule has 9 heteroatoms. The Hall–Kier alpha value is -3.85. The summed E-state index contributed by atoms with van der Waals surface area (Å²) < 4.78 is 52.9. The van der Waals surface area contributed by atoms with Crippen LogP contribution in [0.2, 0.25) is 6.55 Å². The predicted octanol–water partition coefficient (Wildman–Crippen LogP) is 5.87. The van der Waals surface area contributed by atoms with E-state index in [0.29, 0.717) is 28.3 Å². The quantitative estimate of drug-likeness (QED) is 0.222. The zero-order valence-electron chi connectivity index (χ0n) is 24.6. The highest BCUT2D eigenvalue weighted by atomic mass is 28.3. The summed E-state index contributed by atoms with van der Waals surface area (Å²) in [4.78, 5) is 14.4. The smallest absolute Gasteiger partial charge is 0.448 e. The van der Waals surface area contributed by atoms with Crippen LogP contribution in [0.25, 0.3) is 5.57 Å². The number of hydrogen-bond acceptors (Lipinski definition) is 4. The van der Waals surface area contributed by atoms with Crippen LogP contribution in [0.3, 0.4) is 0 Å². The molecule has 1 unspecified atom stereocenters. The fourth-order valence-corrected chi connectivity index (χ4v) is 8.68. The van der Waals surface area contributed by atoms with E-state index in [9.17, 15) is 18.0 Å². The fraction of sp³-hybridized carbons (Fsp3) is 0.312. The maximum Gasteiger partial charge on any atom is 0.448 e. The molecule has 0 spiro atoms. The monoisotopic (exact) mass is 581 g/mol. The van der Waals surface area contributed by atoms with Crippen LogP contribution in [0.5, 0.6) is 11.5 Å². The standard InChI is InChI=1S/C32H36F3N2O3Si/c1-9-36(4)22-11-13-24-28(17-22)41(8,10-2)29-18-23(37(5)19-32(33,34)35)12-14-25(29)30(24)31-26(39-6)15-21(20(3)38)16-27(31)40-7/h10-18H,2,9,19H2,1,3-8H3/q+1. The molecule has 0 aromatic heterocycles. The lowest BCUT2D eigenvalue weighted by molar-refractivity contribution is -0.530. The Balaban J connectivity index is 2.15. The van der Waals surface area contributed by atoms with Gasteiger partial charge in [0.05, 0.1) is 19.8 Å². The van der Waals surface area contributed by atoms with Crippen molar-refractivity contribution in [2.75, 3.05) is 46.3 Å². The van der Waals surface area contributed by atoms with E-state index in [1.54, 1.807) is 32.4 Å². The number of halogens is 3. The van der Waals surface area contributed by atoms with Crippen LogP contribution in [0, 0.1) is 0 Å². The molecule has 4 rings (SSSR count). The number of Topliss-reactive ketones (excluding diaryl/α,β-unsaturated/α-hetero) is 1. The first-order chi connectivity index (χ1) is 19.3. The summed E-state index contributed by atoms with van der Waals surface area (Å²) in [6.45, 7) is 9.71. The van der Waals surface area contributed by atoms with Crippen molar-refractivity contribution in [3.05, 3.63) is 88.3 Å². The topological polar surface area (TPSA) is 41.8 Å². The minimum absolute atomic E-state index is 0.126. The van der Waals surface area contributed by atoms with Gasteiger partial charge in [-0.25, -0.2) is 4.58 Å². The number of methoxy groups -OCH3 is 2. The normalized spacial score (nSPS) is 19.2. The number of alkyl halides is 3. The van der Waals surface area contributed by atoms with Crippen molar-refractivity contribution in [1.82, 2.24) is 0 Å². The number of nitrogens with zero attached hydrogens (tertiary/aromatic N) is 2. The first kappa shape index (κ1) is 30.1. The average Bonchev–Trinajstić information content (AvgIpc) is 2.95. The van der Waals surface area contributed by atoms with Gasteiger partial charge < -0.3 is 14.4 Å². The van der Waals surface area contributed by atoms with Crippen molar-refractivity contribution in [2.45, 2.75) is 26.6 Å². The highest BCUT2D eigenvalue weighted by Gasteiger charge is 2.43. The van der Waals surface area contributed by atoms with Crippen molar-refractivity contribution in [2.24, 2.45) is 0 Å². The Morgan fingerprint density at radius 1 is 1.12 bits per heavy atom. The van der Waals surface area contributed by atoms with E-state index in [4.69, 9.17) is 9.47 Å². The zero-order chi connectivity index (χ0) is 30.3. The molecule has 0 saturated heterocycles. The SMILES string of the molecule is C=C[Si]1(C)C2=CC(=[N+](C)CC(F)(F)F)C=CC2=C(c2c(OC)cc(C(C)=O)cc2OC)c2ccc(N(C)CC)cc21. The Bertz CT molecular complexity index is 1530. The second-order valence-electron chi connectivity index (χ2n) is 10.5. The molecule has 1 aliphatic heterocycles. The summed E-state index contributed by atoms with van der Waals surface area (Å²) in [7, 11) is 3.90. The minimum Gasteiger partial charge on any atom is -0.496 e. The van der Waals surface area contributed by atoms with Gasteiger partial charge in [-0.15, -0.1) is 6.58 Å². The number of ketones is 1. The fourth-order valence-electron chi connectivity index (χ4n) is 5.52. The Kier molecular flexibility index (Phi) is 8.22. The largest absolute Gasteiger partial charge is 0.496 e. The van der Waals surface area contributed by atoms with E-state index in [1.165, 1.54) is 18.5 Å². The van der Waals surface area contributed by atoms with Crippen molar-refractivity contribution in [1.29, 1.82) is 0 Å². The maximum atomic E-state index is 13.3. The first-order valence-electron chi connectivity index (χ1n) is 13.4. The molecule has 0 radical (unpaired) electrons. The van der Waals surface area contributed by atoms with Crippen LogP contribution in [0.15, 0.2) is 71.6 Å². The summed E-state index contributed by atoms with van der Waals surface area (Å²) in [5, 5.41) is 2.03. The number of anilines is 1. The van der Waals surface area contributed by atoms with E-state index >= 15 is 0 Å². The number of ether oxygens (including phenoxy) is 2. The van der Waals surface area contributed by atoms with E-state index < -0.39 is 20.8 Å². The van der Waals surface area contributed by atoms with Crippen molar-refractivity contribution in [3.8, 4) is 11.5 Å². The number of carbonyl (C=O) groups is 1. The number of fused-ring (bicyclic) bond motifs is 2. The van der Waals surface area contributed by atoms with Crippen LogP contribution in [-0.2, 0) is 0 Å². The highest BCUT2D eigenvalue weighted by molar-refractivity contribution is 7.02. The van der Waals surface area contributed by atoms with Gasteiger partial charge in [-0.1, -0.05) is 18.3 Å². The summed E-state index contributed by atoms with van der Waals surface area (Å²) in [5.74, 6) is 0.815. The molecule has 2 aliphatic rings. The van der Waals surface area contributed by atoms with Crippen LogP contribution >= 0.6 is 0 Å². The summed E-state index contributed by atoms with van der Waals surface area (Å²) >= 11 is 0. The molecule has 2 aromatic rings. The molecule has 41 heavy (non-hydrogen) atoms. The van der Waals surface area contributed by atoms with Gasteiger partial charge in [-0.05, 0) is 65.7 Å².